The number of hydrogen-bond acceptors (Lipinski definition) is 2. The second-order valence-electron chi connectivity index (χ2n) is 4.59. The number of alkyl halides is 1. The summed E-state index contributed by atoms with van der Waals surface area (Å²) in [6, 6.07) is 9.68. The van der Waals surface area contributed by atoms with Crippen molar-refractivity contribution in [3.05, 3.63) is 56.0 Å². The summed E-state index contributed by atoms with van der Waals surface area (Å²) in [6.45, 7) is 2.04. The van der Waals surface area contributed by atoms with E-state index >= 15 is 0 Å². The predicted molar refractivity (Wildman–Crippen MR) is 93.8 cm³/mol. The lowest BCUT2D eigenvalue weighted by Gasteiger charge is -2.17. The molecule has 0 aromatic heterocycles. The van der Waals surface area contributed by atoms with E-state index in [1.54, 1.807) is 14.2 Å². The summed E-state index contributed by atoms with van der Waals surface area (Å²) in [5, 5.41) is -0.346. The van der Waals surface area contributed by atoms with Crippen LogP contribution in [-0.2, 0) is 0 Å². The minimum atomic E-state index is -0.346. The summed E-state index contributed by atoms with van der Waals surface area (Å²) >= 11 is 13.8. The van der Waals surface area contributed by atoms with E-state index in [0.29, 0.717) is 0 Å². The summed E-state index contributed by atoms with van der Waals surface area (Å²) in [7, 11) is 3.27. The van der Waals surface area contributed by atoms with Gasteiger partial charge in [0, 0.05) is 14.5 Å². The van der Waals surface area contributed by atoms with Crippen LogP contribution in [0.3, 0.4) is 0 Å². The molecule has 0 fully saturated rings. The molecule has 2 nitrogen and oxygen atoms in total. The maximum absolute atomic E-state index is 6.69. The number of aryl methyl sites for hydroxylation is 1. The van der Waals surface area contributed by atoms with Crippen molar-refractivity contribution in [1.82, 2.24) is 0 Å². The zero-order valence-electron chi connectivity index (χ0n) is 11.9. The molecule has 0 aliphatic rings. The Kier molecular flexibility index (Phi) is 5.58. The Bertz CT molecular complexity index is 659. The molecule has 1 atom stereocenters. The monoisotopic (exact) mass is 432 g/mol. The highest BCUT2D eigenvalue weighted by atomic mass is 79.9. The third-order valence-corrected chi connectivity index (χ3v) is 5.27. The van der Waals surface area contributed by atoms with Crippen molar-refractivity contribution in [2.75, 3.05) is 14.2 Å². The van der Waals surface area contributed by atoms with Crippen LogP contribution in [0.25, 0.3) is 0 Å². The molecule has 0 radical (unpaired) electrons. The Morgan fingerprint density at radius 3 is 2.29 bits per heavy atom. The van der Waals surface area contributed by atoms with Crippen molar-refractivity contribution < 1.29 is 9.47 Å². The van der Waals surface area contributed by atoms with Crippen LogP contribution in [0, 0.1) is 6.92 Å². The minimum Gasteiger partial charge on any atom is -0.497 e. The van der Waals surface area contributed by atoms with Gasteiger partial charge in [-0.2, -0.15) is 0 Å². The third-order valence-electron chi connectivity index (χ3n) is 3.26. The first kappa shape index (κ1) is 16.7. The first-order chi connectivity index (χ1) is 9.97. The molecule has 5 heteroatoms. The lowest BCUT2D eigenvalue weighted by Crippen LogP contribution is -2.00. The molecule has 0 bridgehead atoms. The lowest BCUT2D eigenvalue weighted by atomic mass is 10.0. The molecule has 2 aromatic carbocycles. The SMILES string of the molecule is COc1ccc(OC)c(C(Cl)c2cc(Br)c(C)cc2Br)c1. The minimum absolute atomic E-state index is 0.346. The van der Waals surface area contributed by atoms with Crippen LogP contribution in [0.1, 0.15) is 22.1 Å². The fraction of sp³-hybridized carbons (Fsp3) is 0.250. The topological polar surface area (TPSA) is 18.5 Å². The standard InChI is InChI=1S/C16H15Br2ClO2/c1-9-6-14(18)11(8-13(9)17)16(19)12-7-10(20-2)4-5-15(12)21-3/h4-8,16H,1-3H3. The second-order valence-corrected chi connectivity index (χ2v) is 6.74. The van der Waals surface area contributed by atoms with Gasteiger partial charge in [-0.15, -0.1) is 11.6 Å². The quantitative estimate of drug-likeness (QED) is 0.561. The highest BCUT2D eigenvalue weighted by molar-refractivity contribution is 9.11. The van der Waals surface area contributed by atoms with Crippen LogP contribution in [0.2, 0.25) is 0 Å². The lowest BCUT2D eigenvalue weighted by molar-refractivity contribution is 0.399. The van der Waals surface area contributed by atoms with Crippen LogP contribution in [0.4, 0.5) is 0 Å². The van der Waals surface area contributed by atoms with Gasteiger partial charge in [-0.25, -0.2) is 0 Å². The van der Waals surface area contributed by atoms with E-state index in [1.807, 2.05) is 37.3 Å². The molecule has 0 aliphatic heterocycles. The molecule has 0 heterocycles. The number of rotatable bonds is 4. The van der Waals surface area contributed by atoms with Gasteiger partial charge in [-0.3, -0.25) is 0 Å². The van der Waals surface area contributed by atoms with Crippen LogP contribution in [0.5, 0.6) is 11.5 Å². The predicted octanol–water partition coefficient (Wildman–Crippen LogP) is 5.87. The molecular formula is C16H15Br2ClO2. The number of halogens is 3. The third kappa shape index (κ3) is 3.55. The van der Waals surface area contributed by atoms with E-state index in [4.69, 9.17) is 21.1 Å². The molecule has 2 rings (SSSR count). The van der Waals surface area contributed by atoms with Crippen LogP contribution in [0.15, 0.2) is 39.3 Å². The number of methoxy groups -OCH3 is 2. The number of ether oxygens (including phenoxy) is 2. The summed E-state index contributed by atoms with van der Waals surface area (Å²) in [4.78, 5) is 0. The molecule has 0 spiro atoms. The Hall–Kier alpha value is -0.710. The maximum Gasteiger partial charge on any atom is 0.124 e. The fourth-order valence-electron chi connectivity index (χ4n) is 2.06. The van der Waals surface area contributed by atoms with Crippen molar-refractivity contribution in [1.29, 1.82) is 0 Å². The first-order valence-corrected chi connectivity index (χ1v) is 8.31. The molecule has 21 heavy (non-hydrogen) atoms. The van der Waals surface area contributed by atoms with E-state index in [2.05, 4.69) is 31.9 Å². The molecule has 2 aromatic rings. The van der Waals surface area contributed by atoms with Gasteiger partial charge in [0.1, 0.15) is 11.5 Å². The van der Waals surface area contributed by atoms with Crippen molar-refractivity contribution in [3.63, 3.8) is 0 Å². The summed E-state index contributed by atoms with van der Waals surface area (Å²) in [5.41, 5.74) is 2.99. The Morgan fingerprint density at radius 2 is 1.67 bits per heavy atom. The van der Waals surface area contributed by atoms with Crippen LogP contribution in [-0.4, -0.2) is 14.2 Å². The molecule has 0 saturated heterocycles. The largest absolute Gasteiger partial charge is 0.497 e. The highest BCUT2D eigenvalue weighted by Crippen LogP contribution is 2.41. The van der Waals surface area contributed by atoms with E-state index in [1.165, 1.54) is 0 Å². The maximum atomic E-state index is 6.69. The normalized spacial score (nSPS) is 12.1. The highest BCUT2D eigenvalue weighted by Gasteiger charge is 2.20. The van der Waals surface area contributed by atoms with Gasteiger partial charge in [-0.05, 0) is 48.4 Å². The van der Waals surface area contributed by atoms with Gasteiger partial charge in [0.2, 0.25) is 0 Å². The number of benzene rings is 2. The van der Waals surface area contributed by atoms with E-state index < -0.39 is 0 Å². The fourth-order valence-corrected chi connectivity index (χ4v) is 3.59. The Labute approximate surface area is 146 Å². The van der Waals surface area contributed by atoms with E-state index in [9.17, 15) is 0 Å². The summed E-state index contributed by atoms with van der Waals surface area (Å²) in [6.07, 6.45) is 0. The molecule has 0 amide bonds. The van der Waals surface area contributed by atoms with Crippen LogP contribution >= 0.6 is 43.5 Å². The zero-order valence-corrected chi connectivity index (χ0v) is 15.8. The van der Waals surface area contributed by atoms with Gasteiger partial charge >= 0.3 is 0 Å². The van der Waals surface area contributed by atoms with E-state index in [-0.39, 0.29) is 5.38 Å². The first-order valence-electron chi connectivity index (χ1n) is 6.29. The van der Waals surface area contributed by atoms with Gasteiger partial charge in [-0.1, -0.05) is 31.9 Å². The van der Waals surface area contributed by atoms with Gasteiger partial charge in [0.15, 0.2) is 0 Å². The van der Waals surface area contributed by atoms with Crippen molar-refractivity contribution in [2.45, 2.75) is 12.3 Å². The summed E-state index contributed by atoms with van der Waals surface area (Å²) < 4.78 is 12.7. The average molecular weight is 435 g/mol. The zero-order chi connectivity index (χ0) is 15.6. The Balaban J connectivity index is 2.53. The molecule has 0 saturated carbocycles. The second kappa shape index (κ2) is 7.03. The van der Waals surface area contributed by atoms with E-state index in [0.717, 1.165) is 37.1 Å². The van der Waals surface area contributed by atoms with Gasteiger partial charge in [0.05, 0.1) is 19.6 Å². The van der Waals surface area contributed by atoms with Crippen molar-refractivity contribution in [3.8, 4) is 11.5 Å². The van der Waals surface area contributed by atoms with Crippen molar-refractivity contribution >= 4 is 43.5 Å². The average Bonchev–Trinajstić information content (AvgIpc) is 2.49. The molecular weight excluding hydrogens is 419 g/mol. The van der Waals surface area contributed by atoms with Gasteiger partial charge in [0.25, 0.3) is 0 Å². The molecule has 0 N–H and O–H groups in total. The van der Waals surface area contributed by atoms with Gasteiger partial charge < -0.3 is 9.47 Å². The molecule has 112 valence electrons. The summed E-state index contributed by atoms with van der Waals surface area (Å²) in [5.74, 6) is 1.48. The van der Waals surface area contributed by atoms with Crippen molar-refractivity contribution in [2.24, 2.45) is 0 Å². The number of hydrogen-bond donors (Lipinski definition) is 0. The van der Waals surface area contributed by atoms with Crippen LogP contribution < -0.4 is 9.47 Å². The molecule has 1 unspecified atom stereocenters. The molecule has 0 aliphatic carbocycles. The smallest absolute Gasteiger partial charge is 0.124 e. The Morgan fingerprint density at radius 1 is 0.952 bits per heavy atom.